The monoisotopic (exact) mass is 400 g/mol. The Labute approximate surface area is 170 Å². The van der Waals surface area contributed by atoms with Gasteiger partial charge in [0.1, 0.15) is 0 Å². The smallest absolute Gasteiger partial charge is 0.230 e. The minimum atomic E-state index is 0.0229. The molecule has 2 heterocycles. The number of carbonyl (C=O) groups excluding carboxylic acids is 1. The van der Waals surface area contributed by atoms with Gasteiger partial charge in [-0.1, -0.05) is 23.9 Å². The summed E-state index contributed by atoms with van der Waals surface area (Å²) in [7, 11) is 4.03. The lowest BCUT2D eigenvalue weighted by Gasteiger charge is -2.17. The van der Waals surface area contributed by atoms with Gasteiger partial charge in [0.15, 0.2) is 5.16 Å². The number of hydrogen-bond acceptors (Lipinski definition) is 6. The molecule has 28 heavy (non-hydrogen) atoms. The van der Waals surface area contributed by atoms with Crippen molar-refractivity contribution in [2.24, 2.45) is 0 Å². The van der Waals surface area contributed by atoms with Gasteiger partial charge in [0, 0.05) is 45.5 Å². The lowest BCUT2D eigenvalue weighted by Crippen LogP contribution is -2.25. The molecule has 0 spiro atoms. The summed E-state index contributed by atoms with van der Waals surface area (Å²) in [6, 6.07) is 8.73. The fourth-order valence-corrected chi connectivity index (χ4v) is 4.28. The molecule has 1 aromatic carbocycles. The largest absolute Gasteiger partial charge is 0.378 e. The summed E-state index contributed by atoms with van der Waals surface area (Å²) >= 11 is 1.49. The van der Waals surface area contributed by atoms with E-state index in [0.29, 0.717) is 18.3 Å². The van der Waals surface area contributed by atoms with Crippen LogP contribution in [0, 0.1) is 0 Å². The van der Waals surface area contributed by atoms with Crippen LogP contribution in [0.4, 0.5) is 11.6 Å². The van der Waals surface area contributed by atoms with Gasteiger partial charge in [0.25, 0.3) is 0 Å². The molecule has 150 valence electrons. The minimum absolute atomic E-state index is 0.0229. The lowest BCUT2D eigenvalue weighted by atomic mass is 10.2. The van der Waals surface area contributed by atoms with Gasteiger partial charge in [-0.2, -0.15) is 0 Å². The van der Waals surface area contributed by atoms with E-state index < -0.39 is 0 Å². The normalized spacial score (nSPS) is 16.4. The van der Waals surface area contributed by atoms with Gasteiger partial charge >= 0.3 is 0 Å². The Bertz CT molecular complexity index is 809. The maximum absolute atomic E-state index is 12.3. The average molecular weight is 401 g/mol. The highest BCUT2D eigenvalue weighted by Gasteiger charge is 2.32. The Balaban J connectivity index is 1.31. The van der Waals surface area contributed by atoms with Gasteiger partial charge in [-0.05, 0) is 43.4 Å². The molecule has 1 saturated heterocycles. The van der Waals surface area contributed by atoms with E-state index in [2.05, 4.69) is 54.1 Å². The summed E-state index contributed by atoms with van der Waals surface area (Å²) in [6.45, 7) is 2.66. The summed E-state index contributed by atoms with van der Waals surface area (Å²) in [5.74, 6) is 1.37. The van der Waals surface area contributed by atoms with Crippen LogP contribution in [0.25, 0.3) is 0 Å². The van der Waals surface area contributed by atoms with Crippen molar-refractivity contribution in [2.75, 3.05) is 42.7 Å². The van der Waals surface area contributed by atoms with E-state index in [1.54, 1.807) is 0 Å². The molecule has 0 bridgehead atoms. The predicted octanol–water partition coefficient (Wildman–Crippen LogP) is 2.69. The molecule has 1 N–H and O–H groups in total. The Kier molecular flexibility index (Phi) is 5.75. The van der Waals surface area contributed by atoms with E-state index in [1.807, 2.05) is 14.1 Å². The highest BCUT2D eigenvalue weighted by atomic mass is 32.2. The van der Waals surface area contributed by atoms with Crippen LogP contribution in [0.2, 0.25) is 0 Å². The molecule has 2 fully saturated rings. The van der Waals surface area contributed by atoms with Crippen LogP contribution in [0.1, 0.15) is 37.3 Å². The minimum Gasteiger partial charge on any atom is -0.378 e. The third kappa shape index (κ3) is 4.43. The molecular formula is C20H28N6OS. The number of thioether (sulfide) groups is 1. The number of carbonyl (C=O) groups is 1. The van der Waals surface area contributed by atoms with E-state index in [4.69, 9.17) is 0 Å². The zero-order valence-electron chi connectivity index (χ0n) is 16.6. The number of hydrogen-bond donors (Lipinski definition) is 1. The van der Waals surface area contributed by atoms with Crippen LogP contribution in [0.15, 0.2) is 29.4 Å². The molecule has 8 heteroatoms. The van der Waals surface area contributed by atoms with Crippen molar-refractivity contribution in [1.82, 2.24) is 20.1 Å². The van der Waals surface area contributed by atoms with Crippen LogP contribution in [0.3, 0.4) is 0 Å². The molecule has 0 radical (unpaired) electrons. The standard InChI is InChI=1S/C20H28N6OS/c1-24(2)16-7-5-15(6-8-16)13-21-18(27)14-28-20-23-22-19(25-11-3-4-12-25)26(20)17-9-10-17/h5-8,17H,3-4,9-14H2,1-2H3,(H,21,27). The van der Waals surface area contributed by atoms with E-state index >= 15 is 0 Å². The fourth-order valence-electron chi connectivity index (χ4n) is 3.45. The first-order valence-corrected chi connectivity index (χ1v) is 11.0. The molecule has 4 rings (SSSR count). The molecule has 2 aliphatic rings. The van der Waals surface area contributed by atoms with Crippen molar-refractivity contribution < 1.29 is 4.79 Å². The zero-order valence-corrected chi connectivity index (χ0v) is 17.4. The fraction of sp³-hybridized carbons (Fsp3) is 0.550. The van der Waals surface area contributed by atoms with E-state index in [9.17, 15) is 4.79 Å². The number of aromatic nitrogens is 3. The third-order valence-corrected chi connectivity index (χ3v) is 6.17. The van der Waals surface area contributed by atoms with Crippen molar-refractivity contribution >= 4 is 29.3 Å². The van der Waals surface area contributed by atoms with Crippen molar-refractivity contribution in [1.29, 1.82) is 0 Å². The summed E-state index contributed by atoms with van der Waals surface area (Å²) < 4.78 is 2.25. The van der Waals surface area contributed by atoms with E-state index in [1.165, 1.54) is 37.4 Å². The molecule has 1 aliphatic heterocycles. The van der Waals surface area contributed by atoms with Gasteiger partial charge in [-0.25, -0.2) is 0 Å². The van der Waals surface area contributed by atoms with Crippen LogP contribution in [0.5, 0.6) is 0 Å². The van der Waals surface area contributed by atoms with Crippen LogP contribution in [-0.4, -0.2) is 53.6 Å². The Morgan fingerprint density at radius 2 is 1.89 bits per heavy atom. The second-order valence-corrected chi connectivity index (χ2v) is 8.65. The highest BCUT2D eigenvalue weighted by Crippen LogP contribution is 2.41. The molecule has 1 aromatic heterocycles. The first-order chi connectivity index (χ1) is 13.6. The first kappa shape index (κ1) is 19.1. The lowest BCUT2D eigenvalue weighted by molar-refractivity contribution is -0.118. The number of rotatable bonds is 8. The third-order valence-electron chi connectivity index (χ3n) is 5.22. The SMILES string of the molecule is CN(C)c1ccc(CNC(=O)CSc2nnc(N3CCCC3)n2C2CC2)cc1. The molecule has 0 unspecified atom stereocenters. The molecule has 1 amide bonds. The van der Waals surface area contributed by atoms with Gasteiger partial charge in [-0.15, -0.1) is 10.2 Å². The van der Waals surface area contributed by atoms with E-state index in [-0.39, 0.29) is 5.91 Å². The molecule has 2 aromatic rings. The van der Waals surface area contributed by atoms with E-state index in [0.717, 1.165) is 35.4 Å². The predicted molar refractivity (Wildman–Crippen MR) is 113 cm³/mol. The Hall–Kier alpha value is -2.22. The van der Waals surface area contributed by atoms with Crippen LogP contribution < -0.4 is 15.1 Å². The number of amides is 1. The second-order valence-electron chi connectivity index (χ2n) is 7.70. The van der Waals surface area contributed by atoms with Gasteiger partial charge in [0.2, 0.25) is 11.9 Å². The van der Waals surface area contributed by atoms with Crippen LogP contribution in [-0.2, 0) is 11.3 Å². The highest BCUT2D eigenvalue weighted by molar-refractivity contribution is 7.99. The molecule has 1 aliphatic carbocycles. The average Bonchev–Trinajstić information content (AvgIpc) is 3.22. The van der Waals surface area contributed by atoms with Crippen molar-refractivity contribution in [2.45, 2.75) is 43.4 Å². The molecule has 1 saturated carbocycles. The molecule has 7 nitrogen and oxygen atoms in total. The molecule has 0 atom stereocenters. The van der Waals surface area contributed by atoms with Crippen molar-refractivity contribution in [3.05, 3.63) is 29.8 Å². The summed E-state index contributed by atoms with van der Waals surface area (Å²) in [5, 5.41) is 12.7. The van der Waals surface area contributed by atoms with Crippen molar-refractivity contribution in [3.8, 4) is 0 Å². The Morgan fingerprint density at radius 3 is 2.54 bits per heavy atom. The van der Waals surface area contributed by atoms with Crippen LogP contribution >= 0.6 is 11.8 Å². The van der Waals surface area contributed by atoms with Gasteiger partial charge < -0.3 is 15.1 Å². The number of nitrogens with one attached hydrogen (secondary N) is 1. The summed E-state index contributed by atoms with van der Waals surface area (Å²) in [6.07, 6.45) is 4.80. The Morgan fingerprint density at radius 1 is 1.18 bits per heavy atom. The first-order valence-electron chi connectivity index (χ1n) is 9.97. The topological polar surface area (TPSA) is 66.3 Å². The zero-order chi connectivity index (χ0) is 19.5. The number of anilines is 2. The summed E-state index contributed by atoms with van der Waals surface area (Å²) in [5.41, 5.74) is 2.25. The molecular weight excluding hydrogens is 372 g/mol. The van der Waals surface area contributed by atoms with Gasteiger partial charge in [0.05, 0.1) is 5.75 Å². The van der Waals surface area contributed by atoms with Crippen molar-refractivity contribution in [3.63, 3.8) is 0 Å². The second kappa shape index (κ2) is 8.43. The maximum atomic E-state index is 12.3. The number of nitrogens with zero attached hydrogens (tertiary/aromatic N) is 5. The number of benzene rings is 1. The maximum Gasteiger partial charge on any atom is 0.230 e. The summed E-state index contributed by atoms with van der Waals surface area (Å²) in [4.78, 5) is 16.7. The van der Waals surface area contributed by atoms with Gasteiger partial charge in [-0.3, -0.25) is 9.36 Å². The quantitative estimate of drug-likeness (QED) is 0.688.